The molecular weight excluding hydrogens is 326 g/mol. The molecular formula is C18H17NO6. The standard InChI is InChI=1S/C18H17NO6/c1-24-9-7-19-15(11-4-2-5-12(20)10-11)14(17(22)18(19)23)16(21)13-6-3-8-25-13/h2-6,8,10,15,20,22H,7,9H2,1H3. The van der Waals surface area contributed by atoms with Crippen LogP contribution in [-0.2, 0) is 9.53 Å². The molecule has 0 radical (unpaired) electrons. The van der Waals surface area contributed by atoms with Gasteiger partial charge < -0.3 is 24.3 Å². The summed E-state index contributed by atoms with van der Waals surface area (Å²) in [7, 11) is 1.49. The van der Waals surface area contributed by atoms with E-state index >= 15 is 0 Å². The number of phenolic OH excluding ortho intramolecular Hbond substituents is 1. The monoisotopic (exact) mass is 343 g/mol. The predicted octanol–water partition coefficient (Wildman–Crippen LogP) is 2.21. The van der Waals surface area contributed by atoms with Crippen molar-refractivity contribution in [2.75, 3.05) is 20.3 Å². The molecule has 7 heteroatoms. The maximum Gasteiger partial charge on any atom is 0.290 e. The molecule has 0 saturated carbocycles. The Hall–Kier alpha value is -3.06. The first-order valence-electron chi connectivity index (χ1n) is 7.64. The van der Waals surface area contributed by atoms with Crippen LogP contribution in [0.3, 0.4) is 0 Å². The second-order valence-corrected chi connectivity index (χ2v) is 5.56. The van der Waals surface area contributed by atoms with Crippen molar-refractivity contribution in [2.24, 2.45) is 0 Å². The number of aromatic hydroxyl groups is 1. The van der Waals surface area contributed by atoms with E-state index in [9.17, 15) is 19.8 Å². The molecule has 1 aliphatic rings. The lowest BCUT2D eigenvalue weighted by Gasteiger charge is -2.26. The zero-order valence-electron chi connectivity index (χ0n) is 13.5. The van der Waals surface area contributed by atoms with Gasteiger partial charge in [0.2, 0.25) is 5.78 Å². The Morgan fingerprint density at radius 2 is 2.08 bits per heavy atom. The Balaban J connectivity index is 2.08. The number of ketones is 1. The van der Waals surface area contributed by atoms with E-state index in [2.05, 4.69) is 0 Å². The number of Topliss-reactive ketones (excluding diaryl/α,β-unsaturated/α-hetero) is 1. The fourth-order valence-electron chi connectivity index (χ4n) is 2.89. The number of aliphatic hydroxyl groups is 1. The summed E-state index contributed by atoms with van der Waals surface area (Å²) in [5, 5.41) is 20.1. The molecule has 3 rings (SSSR count). The van der Waals surface area contributed by atoms with Crippen molar-refractivity contribution in [1.82, 2.24) is 4.90 Å². The average Bonchev–Trinajstić information content (AvgIpc) is 3.21. The zero-order chi connectivity index (χ0) is 18.0. The summed E-state index contributed by atoms with van der Waals surface area (Å²) in [6, 6.07) is 8.38. The van der Waals surface area contributed by atoms with Crippen LogP contribution in [0.2, 0.25) is 0 Å². The van der Waals surface area contributed by atoms with Crippen molar-refractivity contribution < 1.29 is 29.0 Å². The van der Waals surface area contributed by atoms with E-state index in [1.54, 1.807) is 18.2 Å². The number of carbonyl (C=O) groups excluding carboxylic acids is 2. The highest BCUT2D eigenvalue weighted by Crippen LogP contribution is 2.39. The van der Waals surface area contributed by atoms with Crippen LogP contribution >= 0.6 is 0 Å². The summed E-state index contributed by atoms with van der Waals surface area (Å²) in [5.74, 6) is -1.85. The summed E-state index contributed by atoms with van der Waals surface area (Å²) in [5.41, 5.74) is 0.421. The van der Waals surface area contributed by atoms with E-state index in [4.69, 9.17) is 9.15 Å². The van der Waals surface area contributed by atoms with Crippen LogP contribution in [0.15, 0.2) is 58.4 Å². The van der Waals surface area contributed by atoms with Gasteiger partial charge in [-0.05, 0) is 29.8 Å². The van der Waals surface area contributed by atoms with Gasteiger partial charge in [0.05, 0.1) is 24.5 Å². The van der Waals surface area contributed by atoms with E-state index in [1.807, 2.05) is 0 Å². The largest absolute Gasteiger partial charge is 0.508 e. The molecule has 0 saturated heterocycles. The minimum Gasteiger partial charge on any atom is -0.508 e. The second-order valence-electron chi connectivity index (χ2n) is 5.56. The Labute approximate surface area is 143 Å². The van der Waals surface area contributed by atoms with E-state index < -0.39 is 23.5 Å². The molecule has 130 valence electrons. The van der Waals surface area contributed by atoms with Crippen molar-refractivity contribution >= 4 is 11.7 Å². The number of methoxy groups -OCH3 is 1. The number of aliphatic hydroxyl groups excluding tert-OH is 1. The molecule has 2 heterocycles. The maximum atomic E-state index is 12.8. The number of ether oxygens (including phenoxy) is 1. The normalized spacial score (nSPS) is 17.4. The summed E-state index contributed by atoms with van der Waals surface area (Å²) in [6.07, 6.45) is 1.34. The Kier molecular flexibility index (Phi) is 4.58. The Bertz CT molecular complexity index is 824. The highest BCUT2D eigenvalue weighted by molar-refractivity contribution is 6.15. The van der Waals surface area contributed by atoms with E-state index in [1.165, 1.54) is 36.5 Å². The number of nitrogens with zero attached hydrogens (tertiary/aromatic N) is 1. The number of hydrogen-bond acceptors (Lipinski definition) is 6. The Morgan fingerprint density at radius 3 is 2.72 bits per heavy atom. The SMILES string of the molecule is COCCN1C(=O)C(O)=C(C(=O)c2ccco2)C1c1cccc(O)c1. The van der Waals surface area contributed by atoms with Crippen LogP contribution in [0.1, 0.15) is 22.2 Å². The molecule has 25 heavy (non-hydrogen) atoms. The Morgan fingerprint density at radius 1 is 1.28 bits per heavy atom. The zero-order valence-corrected chi connectivity index (χ0v) is 13.5. The highest BCUT2D eigenvalue weighted by atomic mass is 16.5. The molecule has 1 aliphatic heterocycles. The number of hydrogen-bond donors (Lipinski definition) is 2. The van der Waals surface area contributed by atoms with Crippen molar-refractivity contribution in [3.05, 3.63) is 65.3 Å². The third kappa shape index (κ3) is 3.01. The molecule has 2 aromatic rings. The van der Waals surface area contributed by atoms with Crippen LogP contribution in [0.5, 0.6) is 5.75 Å². The number of amides is 1. The lowest BCUT2D eigenvalue weighted by molar-refractivity contribution is -0.130. The van der Waals surface area contributed by atoms with Gasteiger partial charge in [0.25, 0.3) is 5.91 Å². The third-order valence-corrected chi connectivity index (χ3v) is 4.02. The van der Waals surface area contributed by atoms with Gasteiger partial charge in [-0.2, -0.15) is 0 Å². The molecule has 0 spiro atoms. The number of benzene rings is 1. The molecule has 1 aromatic heterocycles. The first kappa shape index (κ1) is 16.8. The number of furan rings is 1. The molecule has 1 atom stereocenters. The van der Waals surface area contributed by atoms with Crippen LogP contribution in [0.25, 0.3) is 0 Å². The molecule has 7 nitrogen and oxygen atoms in total. The number of carbonyl (C=O) groups is 2. The smallest absolute Gasteiger partial charge is 0.290 e. The quantitative estimate of drug-likeness (QED) is 0.780. The number of rotatable bonds is 6. The van der Waals surface area contributed by atoms with Gasteiger partial charge in [-0.3, -0.25) is 9.59 Å². The fourth-order valence-corrected chi connectivity index (χ4v) is 2.89. The van der Waals surface area contributed by atoms with Crippen molar-refractivity contribution in [3.63, 3.8) is 0 Å². The van der Waals surface area contributed by atoms with Crippen molar-refractivity contribution in [2.45, 2.75) is 6.04 Å². The van der Waals surface area contributed by atoms with Gasteiger partial charge in [-0.15, -0.1) is 0 Å². The van der Waals surface area contributed by atoms with Crippen LogP contribution < -0.4 is 0 Å². The van der Waals surface area contributed by atoms with Gasteiger partial charge in [0, 0.05) is 13.7 Å². The molecule has 1 unspecified atom stereocenters. The summed E-state index contributed by atoms with van der Waals surface area (Å²) in [4.78, 5) is 26.6. The van der Waals surface area contributed by atoms with E-state index in [0.717, 1.165) is 0 Å². The minimum absolute atomic E-state index is 0.00664. The highest BCUT2D eigenvalue weighted by Gasteiger charge is 2.44. The van der Waals surface area contributed by atoms with Gasteiger partial charge in [0.1, 0.15) is 5.75 Å². The van der Waals surface area contributed by atoms with Crippen LogP contribution in [0.4, 0.5) is 0 Å². The second kappa shape index (κ2) is 6.82. The van der Waals surface area contributed by atoms with Gasteiger partial charge in [-0.1, -0.05) is 12.1 Å². The molecule has 1 amide bonds. The van der Waals surface area contributed by atoms with Gasteiger partial charge in [0.15, 0.2) is 11.5 Å². The summed E-state index contributed by atoms with van der Waals surface area (Å²) >= 11 is 0. The predicted molar refractivity (Wildman–Crippen MR) is 87.1 cm³/mol. The first-order valence-corrected chi connectivity index (χ1v) is 7.64. The lowest BCUT2D eigenvalue weighted by atomic mass is 9.95. The molecule has 0 fully saturated rings. The summed E-state index contributed by atoms with van der Waals surface area (Å²) in [6.45, 7) is 0.408. The van der Waals surface area contributed by atoms with E-state index in [0.29, 0.717) is 5.56 Å². The molecule has 2 N–H and O–H groups in total. The maximum absolute atomic E-state index is 12.8. The average molecular weight is 343 g/mol. The molecule has 0 bridgehead atoms. The van der Waals surface area contributed by atoms with Crippen molar-refractivity contribution in [3.8, 4) is 5.75 Å². The minimum atomic E-state index is -0.840. The lowest BCUT2D eigenvalue weighted by Crippen LogP contribution is -2.33. The van der Waals surface area contributed by atoms with Crippen molar-refractivity contribution in [1.29, 1.82) is 0 Å². The topological polar surface area (TPSA) is 100 Å². The van der Waals surface area contributed by atoms with Gasteiger partial charge >= 0.3 is 0 Å². The molecule has 1 aromatic carbocycles. The number of phenols is 1. The van der Waals surface area contributed by atoms with Crippen LogP contribution in [0, 0.1) is 0 Å². The van der Waals surface area contributed by atoms with E-state index in [-0.39, 0.29) is 30.2 Å². The first-order chi connectivity index (χ1) is 12.0. The van der Waals surface area contributed by atoms with Gasteiger partial charge in [-0.25, -0.2) is 0 Å². The third-order valence-electron chi connectivity index (χ3n) is 4.02. The fraction of sp³-hybridized carbons (Fsp3) is 0.222. The van der Waals surface area contributed by atoms with Crippen LogP contribution in [-0.4, -0.2) is 47.1 Å². The molecule has 0 aliphatic carbocycles. The summed E-state index contributed by atoms with van der Waals surface area (Å²) < 4.78 is 10.1.